The topological polar surface area (TPSA) is 53.1 Å². The van der Waals surface area contributed by atoms with Gasteiger partial charge in [0.1, 0.15) is 6.10 Å². The van der Waals surface area contributed by atoms with Gasteiger partial charge >= 0.3 is 5.97 Å². The molecule has 0 spiro atoms. The Morgan fingerprint density at radius 3 is 2.12 bits per heavy atom. The monoisotopic (exact) mass is 684 g/mol. The minimum absolute atomic E-state index is 0.0188. The van der Waals surface area contributed by atoms with Gasteiger partial charge in [0.15, 0.2) is 0 Å². The first-order valence-corrected chi connectivity index (χ1v) is 20.7. The molecule has 4 aliphatic carbocycles. The Balaban J connectivity index is 1.22. The van der Waals surface area contributed by atoms with Crippen molar-refractivity contribution >= 4 is 11.9 Å². The number of rotatable bonds is 19. The predicted molar refractivity (Wildman–Crippen MR) is 204 cm³/mol. The van der Waals surface area contributed by atoms with E-state index >= 15 is 0 Å². The number of allylic oxidation sites excluding steroid dienone is 1. The third kappa shape index (κ3) is 10.6. The highest BCUT2D eigenvalue weighted by atomic mass is 16.5. The maximum Gasteiger partial charge on any atom is 0.306 e. The van der Waals surface area contributed by atoms with Crippen LogP contribution in [0.25, 0.3) is 0 Å². The predicted octanol–water partition coefficient (Wildman–Crippen LogP) is 9.23. The number of esters is 1. The van der Waals surface area contributed by atoms with Gasteiger partial charge in [-0.3, -0.25) is 9.59 Å². The van der Waals surface area contributed by atoms with Gasteiger partial charge in [-0.05, 0) is 158 Å². The van der Waals surface area contributed by atoms with Crippen molar-refractivity contribution in [3.8, 4) is 0 Å². The number of carbonyl (C=O) groups excluding carboxylic acids is 2. The number of hydrogen-bond donors (Lipinski definition) is 0. The van der Waals surface area contributed by atoms with Crippen molar-refractivity contribution in [2.45, 2.75) is 150 Å². The molecule has 6 nitrogen and oxygen atoms in total. The van der Waals surface area contributed by atoms with E-state index in [-0.39, 0.29) is 23.4 Å². The standard InChI is InChI=1S/C43H77N3O3/c1-32(2)15-12-16-33(3)37-21-22-38-36-20-19-34-31-35(23-25-42(34,4)39(36)24-26-43(37,38)5)49-41(48)18-11-10-17-40(47)46(29-13-27-44(6)7)30-14-28-45(8)9/h19,32-33,35-39H,10-18,20-31H2,1-9H3/t33?,35-,36-,37+,38-,39-,42-,43+/m0/s1. The van der Waals surface area contributed by atoms with E-state index in [1.54, 1.807) is 5.57 Å². The van der Waals surface area contributed by atoms with E-state index in [9.17, 15) is 9.59 Å². The molecule has 0 N–H and O–H groups in total. The van der Waals surface area contributed by atoms with E-state index in [1.165, 1.54) is 51.4 Å². The first-order valence-electron chi connectivity index (χ1n) is 20.7. The zero-order valence-electron chi connectivity index (χ0n) is 33.5. The maximum atomic E-state index is 13.1. The Labute approximate surface area is 302 Å². The van der Waals surface area contributed by atoms with E-state index in [1.807, 2.05) is 4.90 Å². The molecule has 4 aliphatic rings. The van der Waals surface area contributed by atoms with Crippen molar-refractivity contribution in [2.75, 3.05) is 54.4 Å². The van der Waals surface area contributed by atoms with Crippen LogP contribution in [-0.2, 0) is 14.3 Å². The van der Waals surface area contributed by atoms with Gasteiger partial charge in [-0.1, -0.05) is 65.5 Å². The second kappa shape index (κ2) is 18.4. The van der Waals surface area contributed by atoms with Crippen LogP contribution < -0.4 is 0 Å². The zero-order valence-corrected chi connectivity index (χ0v) is 33.5. The van der Waals surface area contributed by atoms with Crippen molar-refractivity contribution in [1.82, 2.24) is 14.7 Å². The van der Waals surface area contributed by atoms with Crippen molar-refractivity contribution in [3.63, 3.8) is 0 Å². The van der Waals surface area contributed by atoms with Crippen LogP contribution in [0.15, 0.2) is 11.6 Å². The molecular weight excluding hydrogens is 606 g/mol. The molecule has 0 bridgehead atoms. The van der Waals surface area contributed by atoms with Crippen molar-refractivity contribution in [3.05, 3.63) is 11.6 Å². The van der Waals surface area contributed by atoms with Crippen LogP contribution in [-0.4, -0.2) is 87.0 Å². The highest BCUT2D eigenvalue weighted by Crippen LogP contribution is 2.67. The number of amides is 1. The third-order valence-electron chi connectivity index (χ3n) is 14.0. The maximum absolute atomic E-state index is 13.1. The summed E-state index contributed by atoms with van der Waals surface area (Å²) in [6, 6.07) is 0. The van der Waals surface area contributed by atoms with Crippen LogP contribution in [0, 0.1) is 46.3 Å². The Kier molecular flexibility index (Phi) is 15.1. The molecule has 1 amide bonds. The number of nitrogens with zero attached hydrogens (tertiary/aromatic N) is 3. The van der Waals surface area contributed by atoms with E-state index < -0.39 is 0 Å². The minimum Gasteiger partial charge on any atom is -0.462 e. The summed E-state index contributed by atoms with van der Waals surface area (Å²) in [5.74, 6) is 5.23. The van der Waals surface area contributed by atoms with Crippen molar-refractivity contribution in [1.29, 1.82) is 0 Å². The summed E-state index contributed by atoms with van der Waals surface area (Å²) in [4.78, 5) is 32.4. The van der Waals surface area contributed by atoms with E-state index in [0.29, 0.717) is 18.3 Å². The molecule has 6 heteroatoms. The fourth-order valence-corrected chi connectivity index (χ4v) is 11.2. The molecule has 3 saturated carbocycles. The van der Waals surface area contributed by atoms with Gasteiger partial charge in [0, 0.05) is 32.4 Å². The van der Waals surface area contributed by atoms with Gasteiger partial charge in [0.2, 0.25) is 5.91 Å². The second-order valence-corrected chi connectivity index (χ2v) is 18.5. The lowest BCUT2D eigenvalue weighted by Crippen LogP contribution is -2.51. The lowest BCUT2D eigenvalue weighted by Gasteiger charge is -2.58. The molecule has 0 heterocycles. The largest absolute Gasteiger partial charge is 0.462 e. The Morgan fingerprint density at radius 2 is 1.47 bits per heavy atom. The summed E-state index contributed by atoms with van der Waals surface area (Å²) < 4.78 is 6.12. The number of ether oxygens (including phenoxy) is 1. The Hall–Kier alpha value is -1.40. The van der Waals surface area contributed by atoms with Gasteiger partial charge in [0.05, 0.1) is 0 Å². The molecule has 0 aromatic carbocycles. The average Bonchev–Trinajstić information content (AvgIpc) is 3.39. The van der Waals surface area contributed by atoms with E-state index in [0.717, 1.165) is 107 Å². The molecule has 1 unspecified atom stereocenters. The number of carbonyl (C=O) groups is 2. The first-order chi connectivity index (χ1) is 23.2. The summed E-state index contributed by atoms with van der Waals surface area (Å²) in [6.07, 6.45) is 21.2. The molecule has 49 heavy (non-hydrogen) atoms. The highest BCUT2D eigenvalue weighted by molar-refractivity contribution is 5.76. The SMILES string of the molecule is CC(C)CCCC(C)[C@H]1CC[C@H]2[C@@H]3CC=C4C[C@@H](OC(=O)CCCCC(=O)N(CCCN(C)C)CCCN(C)C)CC[C@]4(C)[C@H]3CC[C@]12C. The van der Waals surface area contributed by atoms with Gasteiger partial charge in [-0.15, -0.1) is 0 Å². The molecule has 0 radical (unpaired) electrons. The second-order valence-electron chi connectivity index (χ2n) is 18.5. The average molecular weight is 684 g/mol. The lowest BCUT2D eigenvalue weighted by molar-refractivity contribution is -0.151. The van der Waals surface area contributed by atoms with Gasteiger partial charge in [-0.2, -0.15) is 0 Å². The molecule has 0 aromatic rings. The highest BCUT2D eigenvalue weighted by Gasteiger charge is 2.59. The first kappa shape index (κ1) is 40.4. The Morgan fingerprint density at radius 1 is 0.796 bits per heavy atom. The molecule has 4 rings (SSSR count). The minimum atomic E-state index is -0.0721. The van der Waals surface area contributed by atoms with Crippen molar-refractivity contribution < 1.29 is 14.3 Å². The van der Waals surface area contributed by atoms with Crippen LogP contribution in [0.2, 0.25) is 0 Å². The van der Waals surface area contributed by atoms with Crippen molar-refractivity contribution in [2.24, 2.45) is 46.3 Å². The van der Waals surface area contributed by atoms with Gasteiger partial charge in [-0.25, -0.2) is 0 Å². The fraction of sp³-hybridized carbons (Fsp3) is 0.907. The summed E-state index contributed by atoms with van der Waals surface area (Å²) >= 11 is 0. The summed E-state index contributed by atoms with van der Waals surface area (Å²) in [7, 11) is 8.32. The summed E-state index contributed by atoms with van der Waals surface area (Å²) in [5, 5.41) is 0. The zero-order chi connectivity index (χ0) is 35.8. The quantitative estimate of drug-likeness (QED) is 0.0772. The lowest BCUT2D eigenvalue weighted by atomic mass is 9.47. The summed E-state index contributed by atoms with van der Waals surface area (Å²) in [6.45, 7) is 16.2. The smallest absolute Gasteiger partial charge is 0.306 e. The van der Waals surface area contributed by atoms with Gasteiger partial charge in [0.25, 0.3) is 0 Å². The van der Waals surface area contributed by atoms with Crippen LogP contribution in [0.1, 0.15) is 144 Å². The molecule has 0 saturated heterocycles. The molecule has 3 fully saturated rings. The molecular formula is C43H77N3O3. The number of unbranched alkanes of at least 4 members (excludes halogenated alkanes) is 1. The number of hydrogen-bond acceptors (Lipinski definition) is 5. The Bertz CT molecular complexity index is 1070. The molecule has 0 aromatic heterocycles. The van der Waals surface area contributed by atoms with Crippen LogP contribution in [0.3, 0.4) is 0 Å². The normalized spacial score (nSPS) is 31.7. The van der Waals surface area contributed by atoms with Gasteiger partial charge < -0.3 is 19.4 Å². The van der Waals surface area contributed by atoms with Crippen LogP contribution in [0.5, 0.6) is 0 Å². The molecule has 8 atom stereocenters. The van der Waals surface area contributed by atoms with E-state index in [2.05, 4.69) is 78.7 Å². The molecule has 0 aliphatic heterocycles. The number of fused-ring (bicyclic) bond motifs is 5. The summed E-state index contributed by atoms with van der Waals surface area (Å²) in [5.41, 5.74) is 2.39. The molecule has 282 valence electrons. The van der Waals surface area contributed by atoms with Crippen LogP contribution >= 0.6 is 0 Å². The van der Waals surface area contributed by atoms with Crippen LogP contribution in [0.4, 0.5) is 0 Å². The van der Waals surface area contributed by atoms with E-state index in [4.69, 9.17) is 4.74 Å². The fourth-order valence-electron chi connectivity index (χ4n) is 11.2. The third-order valence-corrected chi connectivity index (χ3v) is 14.0.